The second kappa shape index (κ2) is 6.94. The van der Waals surface area contributed by atoms with Crippen LogP contribution in [0, 0.1) is 0 Å². The first-order valence-corrected chi connectivity index (χ1v) is 8.73. The van der Waals surface area contributed by atoms with Gasteiger partial charge in [0.05, 0.1) is 0 Å². The number of hydrogen-bond acceptors (Lipinski definition) is 9. The first kappa shape index (κ1) is 20.4. The lowest BCUT2D eigenvalue weighted by molar-refractivity contribution is -0.277. The first-order valence-electron chi connectivity index (χ1n) is 8.73. The highest BCUT2D eigenvalue weighted by atomic mass is 16.7. The lowest BCUT2D eigenvalue weighted by Crippen LogP contribution is -2.64. The fourth-order valence-corrected chi connectivity index (χ4v) is 3.51. The largest absolute Gasteiger partial charge is 0.508 e. The third-order valence-electron chi connectivity index (χ3n) is 4.67. The minimum absolute atomic E-state index is 0.0692. The molecule has 0 saturated carbocycles. The fraction of sp³-hybridized carbons (Fsp3) is 0.300. The maximum Gasteiger partial charge on any atom is 0.274 e. The third kappa shape index (κ3) is 3.04. The van der Waals surface area contributed by atoms with Crippen molar-refractivity contribution >= 4 is 11.6 Å². The number of Topliss-reactive ketones (excluding diaryl/α,β-unsaturated/α-hetero) is 2. The predicted molar refractivity (Wildman–Crippen MR) is 98.1 cm³/mol. The second-order valence-electron chi connectivity index (χ2n) is 6.76. The highest BCUT2D eigenvalue weighted by molar-refractivity contribution is 6.10. The molecule has 154 valence electrons. The smallest absolute Gasteiger partial charge is 0.274 e. The van der Waals surface area contributed by atoms with Gasteiger partial charge in [0.15, 0.2) is 11.5 Å². The van der Waals surface area contributed by atoms with E-state index >= 15 is 0 Å². The normalized spacial score (nSPS) is 23.3. The summed E-state index contributed by atoms with van der Waals surface area (Å²) in [5.41, 5.74) is -3.12. The Morgan fingerprint density at radius 1 is 1.07 bits per heavy atom. The molecule has 1 aliphatic rings. The van der Waals surface area contributed by atoms with Crippen LogP contribution in [0.1, 0.15) is 36.2 Å². The lowest BCUT2D eigenvalue weighted by atomic mass is 9.75. The summed E-state index contributed by atoms with van der Waals surface area (Å²) in [6.07, 6.45) is -0.729. The number of phenols is 4. The number of hydrogen-bond donors (Lipinski definition) is 5. The number of carbonyl (C=O) groups is 2. The number of carbonyl (C=O) groups excluding carboxylic acids is 2. The van der Waals surface area contributed by atoms with Crippen molar-refractivity contribution in [2.75, 3.05) is 6.61 Å². The van der Waals surface area contributed by atoms with Crippen LogP contribution in [0.4, 0.5) is 0 Å². The Morgan fingerprint density at radius 3 is 2.34 bits per heavy atom. The zero-order valence-electron chi connectivity index (χ0n) is 15.7. The monoisotopic (exact) mass is 404 g/mol. The van der Waals surface area contributed by atoms with Gasteiger partial charge in [-0.05, 0) is 32.0 Å². The molecule has 3 rings (SSSR count). The van der Waals surface area contributed by atoms with E-state index in [0.717, 1.165) is 31.2 Å². The fourth-order valence-electron chi connectivity index (χ4n) is 3.51. The number of rotatable bonds is 5. The number of ether oxygens (including phenoxy) is 2. The molecule has 0 saturated heterocycles. The van der Waals surface area contributed by atoms with E-state index in [0.29, 0.717) is 0 Å². The van der Waals surface area contributed by atoms with Gasteiger partial charge < -0.3 is 35.0 Å². The quantitative estimate of drug-likeness (QED) is 0.468. The minimum Gasteiger partial charge on any atom is -0.508 e. The van der Waals surface area contributed by atoms with Crippen LogP contribution in [0.5, 0.6) is 28.7 Å². The molecule has 2 atom stereocenters. The molecular weight excluding hydrogens is 384 g/mol. The minimum atomic E-state index is -2.63. The van der Waals surface area contributed by atoms with Gasteiger partial charge in [0, 0.05) is 30.7 Å². The molecule has 0 aliphatic carbocycles. The average Bonchev–Trinajstić information content (AvgIpc) is 2.61. The van der Waals surface area contributed by atoms with Gasteiger partial charge >= 0.3 is 0 Å². The number of fused-ring (bicyclic) bond motifs is 1. The molecule has 1 aliphatic heterocycles. The van der Waals surface area contributed by atoms with Crippen molar-refractivity contribution < 1.29 is 44.6 Å². The van der Waals surface area contributed by atoms with E-state index in [2.05, 4.69) is 0 Å². The van der Waals surface area contributed by atoms with Crippen LogP contribution in [-0.2, 0) is 15.3 Å². The summed E-state index contributed by atoms with van der Waals surface area (Å²) >= 11 is 0. The molecule has 9 nitrogen and oxygen atoms in total. The standard InChI is InChI=1S/C20H20O9/c1-3-28-20(11-4-5-13(23)14(24)6-11)19(27,9-10(2)21)18(26)17-15(25)7-12(22)8-16(17)29-20/h4-8,22-25,27H,3,9H2,1-2H3/t19-,20+/m0/s1. The number of benzene rings is 2. The van der Waals surface area contributed by atoms with Crippen molar-refractivity contribution in [2.24, 2.45) is 0 Å². The molecule has 0 bridgehead atoms. The number of phenolic OH excluding ortho intramolecular Hbond substituents is 4. The number of aromatic hydroxyl groups is 4. The van der Waals surface area contributed by atoms with E-state index in [4.69, 9.17) is 9.47 Å². The van der Waals surface area contributed by atoms with Crippen LogP contribution in [0.15, 0.2) is 30.3 Å². The Balaban J connectivity index is 2.37. The summed E-state index contributed by atoms with van der Waals surface area (Å²) in [5, 5.41) is 51.0. The van der Waals surface area contributed by atoms with Gasteiger partial charge in [-0.3, -0.25) is 9.59 Å². The third-order valence-corrected chi connectivity index (χ3v) is 4.67. The summed E-state index contributed by atoms with van der Waals surface area (Å²) in [7, 11) is 0. The SMILES string of the molecule is CCO[C@]1(c2ccc(O)c(O)c2)Oc2cc(O)cc(O)c2C(=O)[C@@]1(O)CC(C)=O. The van der Waals surface area contributed by atoms with Gasteiger partial charge in [-0.15, -0.1) is 0 Å². The Labute approximate surface area is 165 Å². The van der Waals surface area contributed by atoms with Crippen molar-refractivity contribution in [3.63, 3.8) is 0 Å². The molecule has 0 amide bonds. The Bertz CT molecular complexity index is 1000. The molecule has 5 N–H and O–H groups in total. The van der Waals surface area contributed by atoms with Crippen LogP contribution in [-0.4, -0.2) is 49.3 Å². The molecule has 9 heteroatoms. The van der Waals surface area contributed by atoms with E-state index in [9.17, 15) is 35.1 Å². The van der Waals surface area contributed by atoms with Crippen molar-refractivity contribution in [3.05, 3.63) is 41.5 Å². The molecule has 1 heterocycles. The maximum atomic E-state index is 13.3. The second-order valence-corrected chi connectivity index (χ2v) is 6.76. The van der Waals surface area contributed by atoms with Gasteiger partial charge in [-0.1, -0.05) is 0 Å². The Kier molecular flexibility index (Phi) is 4.89. The summed E-state index contributed by atoms with van der Waals surface area (Å²) in [5.74, 6) is -6.34. The number of ketones is 2. The lowest BCUT2D eigenvalue weighted by Gasteiger charge is -2.48. The molecule has 29 heavy (non-hydrogen) atoms. The first-order chi connectivity index (χ1) is 13.6. The predicted octanol–water partition coefficient (Wildman–Crippen LogP) is 1.68. The van der Waals surface area contributed by atoms with E-state index < -0.39 is 57.9 Å². The number of aliphatic hydroxyl groups is 1. The van der Waals surface area contributed by atoms with Gasteiger partial charge in [0.1, 0.15) is 28.6 Å². The topological polar surface area (TPSA) is 154 Å². The van der Waals surface area contributed by atoms with E-state index in [1.165, 1.54) is 6.07 Å². The molecule has 0 spiro atoms. The zero-order chi connectivity index (χ0) is 21.6. The summed E-state index contributed by atoms with van der Waals surface area (Å²) in [4.78, 5) is 25.2. The van der Waals surface area contributed by atoms with E-state index in [1.54, 1.807) is 6.92 Å². The van der Waals surface area contributed by atoms with Crippen molar-refractivity contribution in [1.29, 1.82) is 0 Å². The Morgan fingerprint density at radius 2 is 1.76 bits per heavy atom. The van der Waals surface area contributed by atoms with Gasteiger partial charge in [0.2, 0.25) is 11.4 Å². The summed E-state index contributed by atoms with van der Waals surface area (Å²) < 4.78 is 11.5. The maximum absolute atomic E-state index is 13.3. The summed E-state index contributed by atoms with van der Waals surface area (Å²) in [6.45, 7) is 2.62. The molecule has 2 aromatic rings. The zero-order valence-corrected chi connectivity index (χ0v) is 15.7. The van der Waals surface area contributed by atoms with Crippen molar-refractivity contribution in [2.45, 2.75) is 31.7 Å². The summed E-state index contributed by atoms with van der Waals surface area (Å²) in [6, 6.07) is 5.32. The van der Waals surface area contributed by atoms with Crippen molar-refractivity contribution in [1.82, 2.24) is 0 Å². The highest BCUT2D eigenvalue weighted by Gasteiger charge is 2.64. The van der Waals surface area contributed by atoms with Gasteiger partial charge in [-0.2, -0.15) is 0 Å². The van der Waals surface area contributed by atoms with E-state index in [1.807, 2.05) is 0 Å². The average molecular weight is 404 g/mol. The van der Waals surface area contributed by atoms with Crippen LogP contribution in [0.2, 0.25) is 0 Å². The van der Waals surface area contributed by atoms with Crippen molar-refractivity contribution in [3.8, 4) is 28.7 Å². The molecule has 0 aromatic heterocycles. The molecule has 0 radical (unpaired) electrons. The molecule has 2 aromatic carbocycles. The van der Waals surface area contributed by atoms with Gasteiger partial charge in [0.25, 0.3) is 5.79 Å². The molecular formula is C20H20O9. The van der Waals surface area contributed by atoms with Crippen LogP contribution in [0.25, 0.3) is 0 Å². The Hall–Kier alpha value is -3.30. The molecule has 0 fully saturated rings. The van der Waals surface area contributed by atoms with Crippen LogP contribution < -0.4 is 4.74 Å². The van der Waals surface area contributed by atoms with Gasteiger partial charge in [-0.25, -0.2) is 0 Å². The van der Waals surface area contributed by atoms with Crippen LogP contribution >= 0.6 is 0 Å². The highest BCUT2D eigenvalue weighted by Crippen LogP contribution is 2.52. The van der Waals surface area contributed by atoms with E-state index in [-0.39, 0.29) is 17.9 Å². The molecule has 0 unspecified atom stereocenters. The van der Waals surface area contributed by atoms with Crippen LogP contribution in [0.3, 0.4) is 0 Å².